The van der Waals surface area contributed by atoms with E-state index in [1.54, 1.807) is 0 Å². The maximum atomic E-state index is 13.2. The van der Waals surface area contributed by atoms with E-state index in [4.69, 9.17) is 9.16 Å². The van der Waals surface area contributed by atoms with E-state index in [1.165, 1.54) is 10.8 Å². The van der Waals surface area contributed by atoms with Crippen LogP contribution in [0.15, 0.2) is 84.9 Å². The average Bonchev–Trinajstić information content (AvgIpc) is 2.82. The molecule has 4 heteroatoms. The predicted octanol–water partition coefficient (Wildman–Crippen LogP) is 8.17. The van der Waals surface area contributed by atoms with Crippen LogP contribution in [0, 0.1) is 0 Å². The molecule has 0 bridgehead atoms. The fourth-order valence-corrected chi connectivity index (χ4v) is 5.09. The molecule has 4 rings (SSSR count). The highest BCUT2D eigenvalue weighted by Crippen LogP contribution is 2.36. The fraction of sp³-hybridized carbons (Fsp3) is 0.323. The number of benzene rings is 4. The number of carbonyl (C=O) groups excluding carboxylic acids is 1. The highest BCUT2D eigenvalue weighted by Gasteiger charge is 2.37. The summed E-state index contributed by atoms with van der Waals surface area (Å²) in [5.74, 6) is -0.283. The molecular weight excluding hydrogens is 448 g/mol. The molecule has 0 radical (unpaired) electrons. The van der Waals surface area contributed by atoms with Gasteiger partial charge in [0.05, 0.1) is 5.56 Å². The molecule has 35 heavy (non-hydrogen) atoms. The normalized spacial score (nSPS) is 13.2. The number of esters is 1. The first kappa shape index (κ1) is 25.1. The second-order valence-corrected chi connectivity index (χ2v) is 15.7. The third kappa shape index (κ3) is 6.19. The predicted molar refractivity (Wildman–Crippen MR) is 149 cm³/mol. The molecule has 0 spiro atoms. The average molecular weight is 485 g/mol. The summed E-state index contributed by atoms with van der Waals surface area (Å²) in [4.78, 5) is 13.2. The lowest BCUT2D eigenvalue weighted by Gasteiger charge is -2.36. The van der Waals surface area contributed by atoms with E-state index in [-0.39, 0.29) is 17.1 Å². The minimum atomic E-state index is -1.87. The van der Waals surface area contributed by atoms with Crippen LogP contribution in [-0.2, 0) is 15.6 Å². The van der Waals surface area contributed by atoms with Crippen LogP contribution in [0.1, 0.15) is 43.1 Å². The Hall–Kier alpha value is -2.95. The van der Waals surface area contributed by atoms with Crippen molar-refractivity contribution in [1.82, 2.24) is 0 Å². The molecule has 0 aliphatic heterocycles. The first-order valence-corrected chi connectivity index (χ1v) is 15.3. The van der Waals surface area contributed by atoms with Crippen LogP contribution in [0.5, 0.6) is 0 Å². The first-order chi connectivity index (χ1) is 16.6. The number of ether oxygens (including phenoxy) is 1. The second kappa shape index (κ2) is 10.3. The topological polar surface area (TPSA) is 35.5 Å². The van der Waals surface area contributed by atoms with Gasteiger partial charge in [-0.25, -0.2) is 4.79 Å². The molecule has 0 saturated heterocycles. The van der Waals surface area contributed by atoms with Gasteiger partial charge < -0.3 is 9.16 Å². The summed E-state index contributed by atoms with van der Waals surface area (Å²) in [6.45, 7) is 11.8. The van der Waals surface area contributed by atoms with Crippen molar-refractivity contribution in [1.29, 1.82) is 0 Å². The molecule has 0 saturated carbocycles. The molecule has 0 amide bonds. The standard InChI is InChI=1S/C31H36O3Si/c1-31(2,3)35(4,5)33-19-18-29(21-23-14-15-24-10-6-8-12-26(24)20-23)34-30(32)28-17-16-25-11-7-9-13-27(25)22-28/h6-17,20,22,29H,18-19,21H2,1-5H3. The molecule has 0 aliphatic carbocycles. The first-order valence-electron chi connectivity index (χ1n) is 12.4. The summed E-state index contributed by atoms with van der Waals surface area (Å²) in [6, 6.07) is 28.6. The van der Waals surface area contributed by atoms with E-state index < -0.39 is 8.32 Å². The Bertz CT molecular complexity index is 1320. The van der Waals surface area contributed by atoms with Crippen molar-refractivity contribution in [2.24, 2.45) is 0 Å². The number of carbonyl (C=O) groups is 1. The van der Waals surface area contributed by atoms with Gasteiger partial charge >= 0.3 is 5.97 Å². The monoisotopic (exact) mass is 484 g/mol. The van der Waals surface area contributed by atoms with Crippen LogP contribution in [0.3, 0.4) is 0 Å². The molecule has 3 nitrogen and oxygen atoms in total. The lowest BCUT2D eigenvalue weighted by atomic mass is 10.0. The van der Waals surface area contributed by atoms with E-state index >= 15 is 0 Å². The van der Waals surface area contributed by atoms with Gasteiger partial charge in [0, 0.05) is 19.4 Å². The Morgan fingerprint density at radius 1 is 0.800 bits per heavy atom. The van der Waals surface area contributed by atoms with Gasteiger partial charge in [-0.3, -0.25) is 0 Å². The van der Waals surface area contributed by atoms with E-state index in [2.05, 4.69) is 70.3 Å². The maximum absolute atomic E-state index is 13.2. The molecule has 182 valence electrons. The van der Waals surface area contributed by atoms with Crippen molar-refractivity contribution in [3.63, 3.8) is 0 Å². The van der Waals surface area contributed by atoms with Crippen LogP contribution < -0.4 is 0 Å². The van der Waals surface area contributed by atoms with Gasteiger partial charge in [0.25, 0.3) is 0 Å². The second-order valence-electron chi connectivity index (χ2n) is 10.9. The Morgan fingerprint density at radius 3 is 2.00 bits per heavy atom. The zero-order valence-electron chi connectivity index (χ0n) is 21.5. The van der Waals surface area contributed by atoms with Gasteiger partial charge in [0.2, 0.25) is 0 Å². The smallest absolute Gasteiger partial charge is 0.338 e. The maximum Gasteiger partial charge on any atom is 0.338 e. The van der Waals surface area contributed by atoms with Crippen molar-refractivity contribution in [3.05, 3.63) is 96.1 Å². The van der Waals surface area contributed by atoms with Gasteiger partial charge in [0.1, 0.15) is 6.10 Å². The molecule has 0 aliphatic rings. The number of rotatable bonds is 8. The number of hydrogen-bond acceptors (Lipinski definition) is 3. The molecule has 0 heterocycles. The van der Waals surface area contributed by atoms with Crippen LogP contribution in [0.4, 0.5) is 0 Å². The van der Waals surface area contributed by atoms with Gasteiger partial charge in [0.15, 0.2) is 8.32 Å². The lowest BCUT2D eigenvalue weighted by molar-refractivity contribution is 0.0248. The Kier molecular flexibility index (Phi) is 7.44. The fourth-order valence-electron chi connectivity index (χ4n) is 4.03. The Morgan fingerprint density at radius 2 is 1.37 bits per heavy atom. The van der Waals surface area contributed by atoms with Crippen molar-refractivity contribution in [2.75, 3.05) is 6.61 Å². The minimum absolute atomic E-state index is 0.141. The zero-order chi connectivity index (χ0) is 25.1. The molecule has 1 atom stereocenters. The van der Waals surface area contributed by atoms with Crippen LogP contribution in [0.2, 0.25) is 18.1 Å². The van der Waals surface area contributed by atoms with Gasteiger partial charge in [-0.1, -0.05) is 93.6 Å². The SMILES string of the molecule is CC(C)(C)[Si](C)(C)OCCC(Cc1ccc2ccccc2c1)OC(=O)c1ccc2ccccc2c1. The van der Waals surface area contributed by atoms with Crippen molar-refractivity contribution in [3.8, 4) is 0 Å². The molecule has 4 aromatic carbocycles. The molecule has 1 unspecified atom stereocenters. The largest absolute Gasteiger partial charge is 0.458 e. The molecule has 0 aromatic heterocycles. The zero-order valence-corrected chi connectivity index (χ0v) is 22.5. The van der Waals surface area contributed by atoms with Crippen LogP contribution in [-0.4, -0.2) is 27.0 Å². The van der Waals surface area contributed by atoms with Gasteiger partial charge in [-0.15, -0.1) is 0 Å². The van der Waals surface area contributed by atoms with E-state index in [0.717, 1.165) is 16.3 Å². The van der Waals surface area contributed by atoms with Gasteiger partial charge in [-0.2, -0.15) is 0 Å². The van der Waals surface area contributed by atoms with E-state index in [0.29, 0.717) is 25.0 Å². The Labute approximate surface area is 210 Å². The minimum Gasteiger partial charge on any atom is -0.458 e. The summed E-state index contributed by atoms with van der Waals surface area (Å²) >= 11 is 0. The molecular formula is C31H36O3Si. The van der Waals surface area contributed by atoms with E-state index in [9.17, 15) is 4.79 Å². The Balaban J connectivity index is 1.52. The van der Waals surface area contributed by atoms with Crippen molar-refractivity contribution < 1.29 is 14.0 Å². The summed E-state index contributed by atoms with van der Waals surface area (Å²) < 4.78 is 12.5. The molecule has 4 aromatic rings. The van der Waals surface area contributed by atoms with Crippen LogP contribution in [0.25, 0.3) is 21.5 Å². The van der Waals surface area contributed by atoms with Crippen LogP contribution >= 0.6 is 0 Å². The highest BCUT2D eigenvalue weighted by atomic mass is 28.4. The number of fused-ring (bicyclic) bond motifs is 2. The highest BCUT2D eigenvalue weighted by molar-refractivity contribution is 6.74. The molecule has 0 N–H and O–H groups in total. The summed E-state index contributed by atoms with van der Waals surface area (Å²) in [5.41, 5.74) is 1.74. The van der Waals surface area contributed by atoms with E-state index in [1.807, 2.05) is 48.5 Å². The van der Waals surface area contributed by atoms with Crippen molar-refractivity contribution in [2.45, 2.75) is 57.8 Å². The third-order valence-corrected chi connectivity index (χ3v) is 11.8. The number of hydrogen-bond donors (Lipinski definition) is 0. The van der Waals surface area contributed by atoms with Gasteiger partial charge in [-0.05, 0) is 57.4 Å². The third-order valence-electron chi connectivity index (χ3n) is 7.25. The summed E-state index contributed by atoms with van der Waals surface area (Å²) in [5, 5.41) is 4.70. The summed E-state index contributed by atoms with van der Waals surface area (Å²) in [7, 11) is -1.87. The summed E-state index contributed by atoms with van der Waals surface area (Å²) in [6.07, 6.45) is 1.06. The quantitative estimate of drug-likeness (QED) is 0.187. The molecule has 0 fully saturated rings. The van der Waals surface area contributed by atoms with Crippen molar-refractivity contribution >= 4 is 35.8 Å². The lowest BCUT2D eigenvalue weighted by Crippen LogP contribution is -2.41.